The van der Waals surface area contributed by atoms with Crippen LogP contribution in [0.3, 0.4) is 0 Å². The second kappa shape index (κ2) is 6.64. The molecule has 2 rings (SSSR count). The van der Waals surface area contributed by atoms with E-state index in [2.05, 4.69) is 39.6 Å². The quantitative estimate of drug-likeness (QED) is 0.802. The Kier molecular flexibility index (Phi) is 5.13. The van der Waals surface area contributed by atoms with E-state index in [1.165, 1.54) is 10.9 Å². The molecule has 0 amide bonds. The molecule has 0 fully saturated rings. The summed E-state index contributed by atoms with van der Waals surface area (Å²) in [5, 5.41) is 5.62. The van der Waals surface area contributed by atoms with Crippen molar-refractivity contribution in [2.24, 2.45) is 0 Å². The molecule has 0 bridgehead atoms. The van der Waals surface area contributed by atoms with E-state index in [1.807, 2.05) is 13.0 Å². The van der Waals surface area contributed by atoms with Crippen LogP contribution in [-0.4, -0.2) is 6.54 Å². The lowest BCUT2D eigenvalue weighted by atomic mass is 9.99. The summed E-state index contributed by atoms with van der Waals surface area (Å²) in [7, 11) is 0. The first-order valence-corrected chi connectivity index (χ1v) is 8.02. The summed E-state index contributed by atoms with van der Waals surface area (Å²) >= 11 is 5.21. The van der Waals surface area contributed by atoms with E-state index in [0.717, 1.165) is 28.6 Å². The van der Waals surface area contributed by atoms with Crippen molar-refractivity contribution in [3.8, 4) is 0 Å². The highest BCUT2D eigenvalue weighted by Crippen LogP contribution is 2.31. The van der Waals surface area contributed by atoms with Crippen LogP contribution in [0.2, 0.25) is 0 Å². The summed E-state index contributed by atoms with van der Waals surface area (Å²) in [5.41, 5.74) is 2.13. The van der Waals surface area contributed by atoms with Gasteiger partial charge in [0.2, 0.25) is 0 Å². The van der Waals surface area contributed by atoms with Crippen molar-refractivity contribution < 1.29 is 4.39 Å². The number of hydrogen-bond donors (Lipinski definition) is 1. The van der Waals surface area contributed by atoms with Gasteiger partial charge < -0.3 is 5.32 Å². The Labute approximate surface area is 126 Å². The Morgan fingerprint density at radius 2 is 2.16 bits per heavy atom. The molecule has 0 saturated heterocycles. The highest BCUT2D eigenvalue weighted by atomic mass is 79.9. The Morgan fingerprint density at radius 3 is 2.74 bits per heavy atom. The molecule has 0 aliphatic heterocycles. The van der Waals surface area contributed by atoms with Crippen molar-refractivity contribution >= 4 is 27.3 Å². The maximum absolute atomic E-state index is 13.2. The minimum absolute atomic E-state index is 0.136. The summed E-state index contributed by atoms with van der Waals surface area (Å²) in [6.45, 7) is 5.05. The second-order valence-electron chi connectivity index (χ2n) is 4.56. The molecule has 1 nitrogen and oxygen atoms in total. The van der Waals surface area contributed by atoms with E-state index in [-0.39, 0.29) is 11.9 Å². The number of nitrogens with one attached hydrogen (secondary N) is 1. The standard InChI is InChI=1S/C15H17BrFNS/c1-3-6-18-15(14-8-11(16)9-19-14)13-5-4-12(17)7-10(13)2/h4-5,7-9,15,18H,3,6H2,1-2H3. The first-order chi connectivity index (χ1) is 9.11. The lowest BCUT2D eigenvalue weighted by Gasteiger charge is -2.19. The van der Waals surface area contributed by atoms with Gasteiger partial charge in [-0.15, -0.1) is 11.3 Å². The molecule has 1 aromatic heterocycles. The van der Waals surface area contributed by atoms with Crippen molar-refractivity contribution in [1.29, 1.82) is 0 Å². The van der Waals surface area contributed by atoms with E-state index in [4.69, 9.17) is 0 Å². The normalized spacial score (nSPS) is 12.6. The van der Waals surface area contributed by atoms with Crippen LogP contribution in [0.5, 0.6) is 0 Å². The van der Waals surface area contributed by atoms with Gasteiger partial charge in [-0.1, -0.05) is 13.0 Å². The molecule has 0 spiro atoms. The molecule has 0 aliphatic carbocycles. The van der Waals surface area contributed by atoms with Crippen LogP contribution in [0.15, 0.2) is 34.1 Å². The van der Waals surface area contributed by atoms with Crippen molar-refractivity contribution in [2.75, 3.05) is 6.54 Å². The molecule has 4 heteroatoms. The van der Waals surface area contributed by atoms with Crippen LogP contribution in [0.25, 0.3) is 0 Å². The number of hydrogen-bond acceptors (Lipinski definition) is 2. The Bertz CT molecular complexity index is 553. The molecule has 0 radical (unpaired) electrons. The van der Waals surface area contributed by atoms with Crippen molar-refractivity contribution in [1.82, 2.24) is 5.32 Å². The summed E-state index contributed by atoms with van der Waals surface area (Å²) in [6, 6.07) is 7.27. The SMILES string of the molecule is CCCNC(c1cc(Br)cs1)c1ccc(F)cc1C. The van der Waals surface area contributed by atoms with Gasteiger partial charge in [-0.2, -0.15) is 0 Å². The zero-order chi connectivity index (χ0) is 13.8. The van der Waals surface area contributed by atoms with Gasteiger partial charge in [0.15, 0.2) is 0 Å². The highest BCUT2D eigenvalue weighted by molar-refractivity contribution is 9.10. The maximum Gasteiger partial charge on any atom is 0.123 e. The predicted molar refractivity (Wildman–Crippen MR) is 83.3 cm³/mol. The molecule has 1 heterocycles. The summed E-state index contributed by atoms with van der Waals surface area (Å²) in [4.78, 5) is 1.25. The minimum Gasteiger partial charge on any atom is -0.306 e. The van der Waals surface area contributed by atoms with Gasteiger partial charge in [-0.25, -0.2) is 4.39 Å². The van der Waals surface area contributed by atoms with Gasteiger partial charge in [-0.05, 0) is 65.1 Å². The summed E-state index contributed by atoms with van der Waals surface area (Å²) in [6.07, 6.45) is 1.07. The topological polar surface area (TPSA) is 12.0 Å². The zero-order valence-electron chi connectivity index (χ0n) is 11.0. The lowest BCUT2D eigenvalue weighted by molar-refractivity contribution is 0.596. The fourth-order valence-corrected chi connectivity index (χ4v) is 3.63. The number of aryl methyl sites for hydroxylation is 1. The van der Waals surface area contributed by atoms with Crippen LogP contribution in [0.4, 0.5) is 4.39 Å². The summed E-state index contributed by atoms with van der Waals surface area (Å²) in [5.74, 6) is -0.178. The van der Waals surface area contributed by atoms with E-state index in [1.54, 1.807) is 17.4 Å². The Hall–Kier alpha value is -0.710. The molecular formula is C15H17BrFNS. The molecule has 1 aromatic carbocycles. The minimum atomic E-state index is -0.178. The van der Waals surface area contributed by atoms with Crippen LogP contribution in [0, 0.1) is 12.7 Å². The number of rotatable bonds is 5. The molecule has 2 aromatic rings. The molecule has 1 atom stereocenters. The average molecular weight is 342 g/mol. The summed E-state index contributed by atoms with van der Waals surface area (Å²) < 4.78 is 14.3. The zero-order valence-corrected chi connectivity index (χ0v) is 13.4. The van der Waals surface area contributed by atoms with Gasteiger partial charge in [-0.3, -0.25) is 0 Å². The smallest absolute Gasteiger partial charge is 0.123 e. The Balaban J connectivity index is 2.36. The number of benzene rings is 1. The van der Waals surface area contributed by atoms with Crippen molar-refractivity contribution in [3.63, 3.8) is 0 Å². The largest absolute Gasteiger partial charge is 0.306 e. The number of thiophene rings is 1. The van der Waals surface area contributed by atoms with E-state index < -0.39 is 0 Å². The predicted octanol–water partition coefficient (Wildman–Crippen LogP) is 5.05. The second-order valence-corrected chi connectivity index (χ2v) is 6.41. The van der Waals surface area contributed by atoms with E-state index in [9.17, 15) is 4.39 Å². The first-order valence-electron chi connectivity index (χ1n) is 6.35. The molecule has 0 saturated carbocycles. The maximum atomic E-state index is 13.2. The third-order valence-corrected chi connectivity index (χ3v) is 4.77. The van der Waals surface area contributed by atoms with Gasteiger partial charge in [0, 0.05) is 14.7 Å². The Morgan fingerprint density at radius 1 is 1.37 bits per heavy atom. The monoisotopic (exact) mass is 341 g/mol. The van der Waals surface area contributed by atoms with Crippen LogP contribution in [-0.2, 0) is 0 Å². The molecule has 1 unspecified atom stereocenters. The third kappa shape index (κ3) is 3.65. The van der Waals surface area contributed by atoms with Crippen molar-refractivity contribution in [3.05, 3.63) is 55.9 Å². The van der Waals surface area contributed by atoms with E-state index >= 15 is 0 Å². The molecule has 19 heavy (non-hydrogen) atoms. The van der Waals surface area contributed by atoms with Crippen molar-refractivity contribution in [2.45, 2.75) is 26.3 Å². The van der Waals surface area contributed by atoms with Gasteiger partial charge in [0.1, 0.15) is 5.82 Å². The lowest BCUT2D eigenvalue weighted by Crippen LogP contribution is -2.23. The van der Waals surface area contributed by atoms with Crippen LogP contribution >= 0.6 is 27.3 Å². The molecular weight excluding hydrogens is 325 g/mol. The first kappa shape index (κ1) is 14.7. The van der Waals surface area contributed by atoms with Gasteiger partial charge >= 0.3 is 0 Å². The van der Waals surface area contributed by atoms with Gasteiger partial charge in [0.25, 0.3) is 0 Å². The van der Waals surface area contributed by atoms with Crippen LogP contribution < -0.4 is 5.32 Å². The number of halogens is 2. The molecule has 0 aliphatic rings. The third-order valence-electron chi connectivity index (χ3n) is 3.01. The highest BCUT2D eigenvalue weighted by Gasteiger charge is 2.17. The fraction of sp³-hybridized carbons (Fsp3) is 0.333. The average Bonchev–Trinajstić information content (AvgIpc) is 2.78. The fourth-order valence-electron chi connectivity index (χ4n) is 2.10. The molecule has 1 N–H and O–H groups in total. The van der Waals surface area contributed by atoms with Gasteiger partial charge in [0.05, 0.1) is 6.04 Å². The van der Waals surface area contributed by atoms with Crippen LogP contribution in [0.1, 0.15) is 35.4 Å². The molecule has 102 valence electrons. The van der Waals surface area contributed by atoms with E-state index in [0.29, 0.717) is 0 Å².